The van der Waals surface area contributed by atoms with Gasteiger partial charge in [0.15, 0.2) is 0 Å². The first-order valence-electron chi connectivity index (χ1n) is 12.1. The molecule has 1 aromatic heterocycles. The van der Waals surface area contributed by atoms with Crippen LogP contribution in [-0.4, -0.2) is 47.0 Å². The Labute approximate surface area is 210 Å². The smallest absolute Gasteiger partial charge is 0.221 e. The van der Waals surface area contributed by atoms with Gasteiger partial charge in [0, 0.05) is 57.3 Å². The Bertz CT molecular complexity index is 1310. The van der Waals surface area contributed by atoms with E-state index in [2.05, 4.69) is 49.1 Å². The molecule has 2 N–H and O–H groups in total. The first-order chi connectivity index (χ1) is 17.5. The van der Waals surface area contributed by atoms with Gasteiger partial charge in [-0.2, -0.15) is 0 Å². The van der Waals surface area contributed by atoms with Gasteiger partial charge in [0.25, 0.3) is 0 Å². The molecule has 1 fully saturated rings. The van der Waals surface area contributed by atoms with Crippen molar-refractivity contribution in [3.05, 3.63) is 95.5 Å². The Morgan fingerprint density at radius 3 is 2.61 bits per heavy atom. The fourth-order valence-corrected chi connectivity index (χ4v) is 4.66. The topological polar surface area (TPSA) is 73.4 Å². The lowest BCUT2D eigenvalue weighted by Crippen LogP contribution is -2.48. The summed E-state index contributed by atoms with van der Waals surface area (Å²) in [7, 11) is 0. The Morgan fingerprint density at radius 2 is 1.86 bits per heavy atom. The number of benzene rings is 2. The molecule has 2 aromatic carbocycles. The SMILES string of the molecule is C=C(NCc1ccc(F)cc1)N1CCN(c2ncnc3c2C=C(c2cccc(NC(C)=O)c2)C3)CC1. The molecule has 1 amide bonds. The van der Waals surface area contributed by atoms with E-state index in [0.29, 0.717) is 6.54 Å². The number of anilines is 2. The number of nitrogens with one attached hydrogen (secondary N) is 2. The predicted molar refractivity (Wildman–Crippen MR) is 141 cm³/mol. The standard InChI is InChI=1S/C28H29FN6O/c1-19(30-17-21-6-8-24(29)9-7-21)34-10-12-35(13-11-34)28-26-15-23(16-27(26)31-18-32-28)22-4-3-5-25(14-22)33-20(2)36/h3-9,14-15,18,30H,1,10-13,16-17H2,2H3,(H,33,36). The molecule has 5 rings (SSSR count). The summed E-state index contributed by atoms with van der Waals surface area (Å²) in [5.41, 5.74) is 6.12. The highest BCUT2D eigenvalue weighted by atomic mass is 19.1. The van der Waals surface area contributed by atoms with E-state index >= 15 is 0 Å². The maximum Gasteiger partial charge on any atom is 0.221 e. The van der Waals surface area contributed by atoms with E-state index in [4.69, 9.17) is 0 Å². The molecular formula is C28H29FN6O. The normalized spacial score (nSPS) is 14.8. The van der Waals surface area contributed by atoms with Crippen molar-refractivity contribution in [2.24, 2.45) is 0 Å². The molecule has 0 saturated carbocycles. The summed E-state index contributed by atoms with van der Waals surface area (Å²) in [4.78, 5) is 25.2. The van der Waals surface area contributed by atoms with Crippen LogP contribution in [-0.2, 0) is 17.8 Å². The van der Waals surface area contributed by atoms with Crippen LogP contribution in [0.3, 0.4) is 0 Å². The lowest BCUT2D eigenvalue weighted by atomic mass is 10.0. The van der Waals surface area contributed by atoms with Crippen LogP contribution in [0.15, 0.2) is 67.3 Å². The molecule has 1 aliphatic carbocycles. The zero-order valence-corrected chi connectivity index (χ0v) is 20.3. The highest BCUT2D eigenvalue weighted by Gasteiger charge is 2.25. The second kappa shape index (κ2) is 10.2. The summed E-state index contributed by atoms with van der Waals surface area (Å²) in [6.45, 7) is 9.60. The van der Waals surface area contributed by atoms with Gasteiger partial charge in [0.05, 0.1) is 11.5 Å². The third-order valence-electron chi connectivity index (χ3n) is 6.55. The first kappa shape index (κ1) is 23.5. The molecule has 7 nitrogen and oxygen atoms in total. The van der Waals surface area contributed by atoms with Gasteiger partial charge >= 0.3 is 0 Å². The number of carbonyl (C=O) groups is 1. The second-order valence-corrected chi connectivity index (χ2v) is 9.07. The minimum atomic E-state index is -0.231. The predicted octanol–water partition coefficient (Wildman–Crippen LogP) is 4.05. The van der Waals surface area contributed by atoms with Crippen LogP contribution in [0.5, 0.6) is 0 Å². The number of carbonyl (C=O) groups excluding carboxylic acids is 1. The molecule has 0 bridgehead atoms. The number of nitrogens with zero attached hydrogens (tertiary/aromatic N) is 4. The van der Waals surface area contributed by atoms with Crippen LogP contribution in [0.2, 0.25) is 0 Å². The minimum Gasteiger partial charge on any atom is -0.368 e. The highest BCUT2D eigenvalue weighted by Crippen LogP contribution is 2.35. The third kappa shape index (κ3) is 5.22. The molecule has 8 heteroatoms. The van der Waals surface area contributed by atoms with Crippen molar-refractivity contribution in [3.63, 3.8) is 0 Å². The zero-order valence-electron chi connectivity index (χ0n) is 20.3. The second-order valence-electron chi connectivity index (χ2n) is 9.07. The fourth-order valence-electron chi connectivity index (χ4n) is 4.66. The summed E-state index contributed by atoms with van der Waals surface area (Å²) < 4.78 is 13.1. The first-order valence-corrected chi connectivity index (χ1v) is 12.1. The van der Waals surface area contributed by atoms with E-state index < -0.39 is 0 Å². The number of aromatic nitrogens is 2. The van der Waals surface area contributed by atoms with Crippen molar-refractivity contribution in [2.45, 2.75) is 19.9 Å². The third-order valence-corrected chi connectivity index (χ3v) is 6.55. The van der Waals surface area contributed by atoms with Crippen molar-refractivity contribution in [1.82, 2.24) is 20.2 Å². The van der Waals surface area contributed by atoms with E-state index in [0.717, 1.165) is 77.9 Å². The van der Waals surface area contributed by atoms with Crippen LogP contribution >= 0.6 is 0 Å². The van der Waals surface area contributed by atoms with Crippen LogP contribution in [0.4, 0.5) is 15.9 Å². The summed E-state index contributed by atoms with van der Waals surface area (Å²) in [6.07, 6.45) is 4.56. The van der Waals surface area contributed by atoms with E-state index in [9.17, 15) is 9.18 Å². The maximum absolute atomic E-state index is 13.1. The maximum atomic E-state index is 13.1. The number of hydrogen-bond donors (Lipinski definition) is 2. The number of halogens is 1. The number of allylic oxidation sites excluding steroid dienone is 1. The molecule has 0 radical (unpaired) electrons. The van der Waals surface area contributed by atoms with Crippen molar-refractivity contribution < 1.29 is 9.18 Å². The van der Waals surface area contributed by atoms with Gasteiger partial charge in [-0.25, -0.2) is 14.4 Å². The van der Waals surface area contributed by atoms with Crippen LogP contribution in [0.1, 0.15) is 29.3 Å². The van der Waals surface area contributed by atoms with Crippen LogP contribution in [0, 0.1) is 5.82 Å². The van der Waals surface area contributed by atoms with Gasteiger partial charge in [-0.15, -0.1) is 0 Å². The Balaban J connectivity index is 1.23. The number of amides is 1. The molecular weight excluding hydrogens is 455 g/mol. The zero-order chi connectivity index (χ0) is 25.1. The van der Waals surface area contributed by atoms with Gasteiger partial charge < -0.3 is 20.4 Å². The van der Waals surface area contributed by atoms with Crippen LogP contribution in [0.25, 0.3) is 11.6 Å². The number of rotatable bonds is 7. The van der Waals surface area contributed by atoms with Gasteiger partial charge in [0.2, 0.25) is 5.91 Å². The Hall–Kier alpha value is -4.20. The van der Waals surface area contributed by atoms with Crippen molar-refractivity contribution in [2.75, 3.05) is 36.4 Å². The van der Waals surface area contributed by atoms with E-state index in [1.807, 2.05) is 18.2 Å². The van der Waals surface area contributed by atoms with E-state index in [1.54, 1.807) is 18.5 Å². The molecule has 2 aliphatic rings. The lowest BCUT2D eigenvalue weighted by molar-refractivity contribution is -0.114. The van der Waals surface area contributed by atoms with Crippen molar-refractivity contribution in [3.8, 4) is 0 Å². The highest BCUT2D eigenvalue weighted by molar-refractivity contribution is 5.93. The molecule has 3 aromatic rings. The number of piperazine rings is 1. The lowest BCUT2D eigenvalue weighted by Gasteiger charge is -2.38. The molecule has 0 atom stereocenters. The quantitative estimate of drug-likeness (QED) is 0.527. The average molecular weight is 485 g/mol. The van der Waals surface area contributed by atoms with Crippen LogP contribution < -0.4 is 15.5 Å². The van der Waals surface area contributed by atoms with Gasteiger partial charge in [-0.05, 0) is 47.0 Å². The van der Waals surface area contributed by atoms with E-state index in [-0.39, 0.29) is 11.7 Å². The molecule has 1 saturated heterocycles. The van der Waals surface area contributed by atoms with Gasteiger partial charge in [-0.1, -0.05) is 30.8 Å². The number of hydrogen-bond acceptors (Lipinski definition) is 6. The van der Waals surface area contributed by atoms with Crippen molar-refractivity contribution >= 4 is 29.1 Å². The Morgan fingerprint density at radius 1 is 1.08 bits per heavy atom. The molecule has 184 valence electrons. The van der Waals surface area contributed by atoms with E-state index in [1.165, 1.54) is 19.1 Å². The minimum absolute atomic E-state index is 0.0866. The van der Waals surface area contributed by atoms with Gasteiger partial charge in [-0.3, -0.25) is 4.79 Å². The summed E-state index contributed by atoms with van der Waals surface area (Å²) in [5.74, 6) is 1.51. The van der Waals surface area contributed by atoms with Gasteiger partial charge in [0.1, 0.15) is 18.0 Å². The molecule has 0 spiro atoms. The fraction of sp³-hybridized carbons (Fsp3) is 0.250. The number of fused-ring (bicyclic) bond motifs is 1. The molecule has 0 unspecified atom stereocenters. The molecule has 36 heavy (non-hydrogen) atoms. The largest absolute Gasteiger partial charge is 0.368 e. The average Bonchev–Trinajstić information content (AvgIpc) is 3.33. The molecule has 1 aliphatic heterocycles. The summed E-state index contributed by atoms with van der Waals surface area (Å²) in [6, 6.07) is 14.4. The molecule has 2 heterocycles. The van der Waals surface area contributed by atoms with Crippen molar-refractivity contribution in [1.29, 1.82) is 0 Å². The Kier molecular flexibility index (Phi) is 6.66. The summed E-state index contributed by atoms with van der Waals surface area (Å²) in [5, 5.41) is 6.21. The summed E-state index contributed by atoms with van der Waals surface area (Å²) >= 11 is 0. The monoisotopic (exact) mass is 484 g/mol.